The lowest BCUT2D eigenvalue weighted by Gasteiger charge is -2.21. The van der Waals surface area contributed by atoms with Crippen molar-refractivity contribution in [3.63, 3.8) is 0 Å². The molecular weight excluding hydrogens is 140 g/mol. The number of hydrogen-bond acceptors (Lipinski definition) is 3. The van der Waals surface area contributed by atoms with Crippen LogP contribution in [0.1, 0.15) is 20.8 Å². The molecule has 0 saturated heterocycles. The first-order valence-corrected chi connectivity index (χ1v) is 3.61. The molecule has 9 heavy (non-hydrogen) atoms. The molecule has 0 aromatic heterocycles. The van der Waals surface area contributed by atoms with E-state index in [0.717, 1.165) is 0 Å². The van der Waals surface area contributed by atoms with Gasteiger partial charge in [-0.05, 0) is 20.8 Å². The van der Waals surface area contributed by atoms with Crippen molar-refractivity contribution < 1.29 is 8.76 Å². The zero-order chi connectivity index (χ0) is 7.49. The minimum absolute atomic E-state index is 0.222. The maximum Gasteiger partial charge on any atom is 0.0324 e. The first-order valence-electron chi connectivity index (χ1n) is 2.54. The van der Waals surface area contributed by atoms with Crippen molar-refractivity contribution in [2.75, 3.05) is 0 Å². The van der Waals surface area contributed by atoms with Gasteiger partial charge in [0.1, 0.15) is 0 Å². The standard InChI is InChI=1S/C4H12N2O2S/c1-4(2,3)5-6-9(7)8/h5-6H,1-3H3,(H,7,8)/p-1. The van der Waals surface area contributed by atoms with Gasteiger partial charge in [-0.2, -0.15) is 4.83 Å². The van der Waals surface area contributed by atoms with Gasteiger partial charge >= 0.3 is 0 Å². The highest BCUT2D eigenvalue weighted by atomic mass is 32.2. The average Bonchev–Trinajstić information content (AvgIpc) is 1.59. The van der Waals surface area contributed by atoms with Crippen LogP contribution in [0.2, 0.25) is 0 Å². The van der Waals surface area contributed by atoms with Gasteiger partial charge in [0.2, 0.25) is 0 Å². The summed E-state index contributed by atoms with van der Waals surface area (Å²) in [6.45, 7) is 5.56. The normalized spacial score (nSPS) is 15.6. The van der Waals surface area contributed by atoms with Crippen LogP contribution in [0.25, 0.3) is 0 Å². The average molecular weight is 151 g/mol. The Hall–Kier alpha value is 0.0300. The third-order valence-electron chi connectivity index (χ3n) is 0.509. The van der Waals surface area contributed by atoms with Crippen molar-refractivity contribution in [2.24, 2.45) is 0 Å². The van der Waals surface area contributed by atoms with Crippen LogP contribution in [0.5, 0.6) is 0 Å². The molecule has 0 fully saturated rings. The first-order chi connectivity index (χ1) is 3.92. The second-order valence-electron chi connectivity index (χ2n) is 2.71. The highest BCUT2D eigenvalue weighted by Crippen LogP contribution is 1.94. The van der Waals surface area contributed by atoms with Gasteiger partial charge in [0.25, 0.3) is 0 Å². The number of nitrogens with one attached hydrogen (secondary N) is 2. The van der Waals surface area contributed by atoms with E-state index in [4.69, 9.17) is 0 Å². The molecule has 0 aromatic rings. The van der Waals surface area contributed by atoms with Gasteiger partial charge in [0.05, 0.1) is 0 Å². The Kier molecular flexibility index (Phi) is 3.27. The van der Waals surface area contributed by atoms with E-state index in [2.05, 4.69) is 10.3 Å². The summed E-state index contributed by atoms with van der Waals surface area (Å²) in [6.07, 6.45) is 0. The lowest BCUT2D eigenvalue weighted by Crippen LogP contribution is -2.46. The molecule has 0 aliphatic heterocycles. The summed E-state index contributed by atoms with van der Waals surface area (Å²) in [6, 6.07) is 0. The van der Waals surface area contributed by atoms with Crippen molar-refractivity contribution in [3.8, 4) is 0 Å². The molecule has 0 aliphatic carbocycles. The van der Waals surface area contributed by atoms with E-state index in [0.29, 0.717) is 0 Å². The fourth-order valence-corrected chi connectivity index (χ4v) is 0.584. The second kappa shape index (κ2) is 3.26. The molecule has 1 unspecified atom stereocenters. The Morgan fingerprint density at radius 3 is 2.00 bits per heavy atom. The molecule has 56 valence electrons. The molecule has 0 heterocycles. The third kappa shape index (κ3) is 8.03. The molecule has 0 rings (SSSR count). The minimum atomic E-state index is -2.22. The van der Waals surface area contributed by atoms with E-state index < -0.39 is 11.3 Å². The Balaban J connectivity index is 3.39. The summed E-state index contributed by atoms with van der Waals surface area (Å²) >= 11 is -2.22. The summed E-state index contributed by atoms with van der Waals surface area (Å²) in [7, 11) is 0. The van der Waals surface area contributed by atoms with Crippen LogP contribution in [0.4, 0.5) is 0 Å². The summed E-state index contributed by atoms with van der Waals surface area (Å²) in [5.41, 5.74) is 2.34. The predicted molar refractivity (Wildman–Crippen MR) is 34.9 cm³/mol. The molecular formula is C4H11N2O2S-. The number of rotatable bonds is 2. The summed E-state index contributed by atoms with van der Waals surface area (Å²) in [4.78, 5) is 2.05. The first kappa shape index (κ1) is 9.03. The smallest absolute Gasteiger partial charge is 0.0324 e. The highest BCUT2D eigenvalue weighted by molar-refractivity contribution is 7.76. The maximum atomic E-state index is 9.87. The molecule has 4 nitrogen and oxygen atoms in total. The molecule has 1 atom stereocenters. The maximum absolute atomic E-state index is 9.87. The van der Waals surface area contributed by atoms with Crippen LogP contribution >= 0.6 is 0 Å². The molecule has 2 N–H and O–H groups in total. The minimum Gasteiger partial charge on any atom is -0.759 e. The van der Waals surface area contributed by atoms with Gasteiger partial charge in [-0.15, -0.1) is 0 Å². The largest absolute Gasteiger partial charge is 0.759 e. The Morgan fingerprint density at radius 2 is 1.89 bits per heavy atom. The topological polar surface area (TPSA) is 64.2 Å². The van der Waals surface area contributed by atoms with Crippen LogP contribution < -0.4 is 10.3 Å². The summed E-state index contributed by atoms with van der Waals surface area (Å²) in [5.74, 6) is 0. The summed E-state index contributed by atoms with van der Waals surface area (Å²) < 4.78 is 19.7. The van der Waals surface area contributed by atoms with Crippen LogP contribution in [-0.4, -0.2) is 14.3 Å². The Labute approximate surface area is 57.4 Å². The van der Waals surface area contributed by atoms with Crippen molar-refractivity contribution in [2.45, 2.75) is 26.3 Å². The van der Waals surface area contributed by atoms with Crippen molar-refractivity contribution in [1.82, 2.24) is 10.3 Å². The van der Waals surface area contributed by atoms with Crippen LogP contribution in [0.15, 0.2) is 0 Å². The Morgan fingerprint density at radius 1 is 1.44 bits per heavy atom. The van der Waals surface area contributed by atoms with E-state index in [9.17, 15) is 8.76 Å². The van der Waals surface area contributed by atoms with E-state index in [1.807, 2.05) is 20.8 Å². The van der Waals surface area contributed by atoms with Gasteiger partial charge in [0, 0.05) is 16.8 Å². The fourth-order valence-electron chi connectivity index (χ4n) is 0.195. The lowest BCUT2D eigenvalue weighted by molar-refractivity contribution is 0.394. The van der Waals surface area contributed by atoms with Crippen molar-refractivity contribution >= 4 is 11.3 Å². The quantitative estimate of drug-likeness (QED) is 0.419. The molecule has 0 aliphatic rings. The van der Waals surface area contributed by atoms with E-state index >= 15 is 0 Å². The molecule has 5 heteroatoms. The van der Waals surface area contributed by atoms with Crippen molar-refractivity contribution in [1.29, 1.82) is 0 Å². The van der Waals surface area contributed by atoms with Crippen LogP contribution in [0, 0.1) is 0 Å². The SMILES string of the molecule is CC(C)(C)NNS(=O)[O-]. The predicted octanol–water partition coefficient (Wildman–Crippen LogP) is -0.327. The summed E-state index contributed by atoms with van der Waals surface area (Å²) in [5, 5.41) is 0. The fraction of sp³-hybridized carbons (Fsp3) is 1.00. The van der Waals surface area contributed by atoms with Gasteiger partial charge in [-0.1, -0.05) is 0 Å². The molecule has 0 aromatic carbocycles. The van der Waals surface area contributed by atoms with E-state index in [1.165, 1.54) is 0 Å². The molecule has 0 bridgehead atoms. The molecule has 0 spiro atoms. The van der Waals surface area contributed by atoms with Gasteiger partial charge in [-0.25, -0.2) is 5.43 Å². The van der Waals surface area contributed by atoms with Crippen LogP contribution in [-0.2, 0) is 11.3 Å². The number of hydrazine groups is 1. The zero-order valence-electron chi connectivity index (χ0n) is 5.72. The Bertz CT molecular complexity index is 110. The second-order valence-corrected chi connectivity index (χ2v) is 3.39. The van der Waals surface area contributed by atoms with Crippen molar-refractivity contribution in [3.05, 3.63) is 0 Å². The van der Waals surface area contributed by atoms with E-state index in [-0.39, 0.29) is 5.54 Å². The van der Waals surface area contributed by atoms with Gasteiger partial charge in [-0.3, -0.25) is 4.21 Å². The van der Waals surface area contributed by atoms with E-state index in [1.54, 1.807) is 0 Å². The molecule has 0 radical (unpaired) electrons. The van der Waals surface area contributed by atoms with Gasteiger partial charge < -0.3 is 4.55 Å². The highest BCUT2D eigenvalue weighted by Gasteiger charge is 2.06. The zero-order valence-corrected chi connectivity index (χ0v) is 6.54. The van der Waals surface area contributed by atoms with Gasteiger partial charge in [0.15, 0.2) is 0 Å². The number of hydrogen-bond donors (Lipinski definition) is 2. The molecule has 0 amide bonds. The monoisotopic (exact) mass is 151 g/mol. The lowest BCUT2D eigenvalue weighted by atomic mass is 10.1. The van der Waals surface area contributed by atoms with Crippen LogP contribution in [0.3, 0.4) is 0 Å². The molecule has 0 saturated carbocycles. The third-order valence-corrected chi connectivity index (χ3v) is 0.778.